The second-order valence-electron chi connectivity index (χ2n) is 7.23. The smallest absolute Gasteiger partial charge is 0.294 e. The number of nitrogens with one attached hydrogen (secondary N) is 1. The number of methoxy groups -OCH3 is 2. The summed E-state index contributed by atoms with van der Waals surface area (Å²) in [4.78, 5) is 29.8. The van der Waals surface area contributed by atoms with Crippen LogP contribution in [-0.2, 0) is 16.1 Å². The first-order valence-electron chi connectivity index (χ1n) is 9.99. The SMILES string of the molecule is COc1ccc(-c2nn(CC(=O)NC[C@@H]3CCCO3)c(=O)c3nc(C)sc23)cc1OC. The molecule has 4 rings (SSSR count). The number of thiazole rings is 1. The number of aromatic nitrogens is 3. The van der Waals surface area contributed by atoms with E-state index in [1.807, 2.05) is 13.0 Å². The number of amides is 1. The number of ether oxygens (including phenoxy) is 3. The van der Waals surface area contributed by atoms with Crippen LogP contribution in [0.5, 0.6) is 11.5 Å². The number of rotatable bonds is 7. The molecule has 2 aromatic heterocycles. The van der Waals surface area contributed by atoms with E-state index in [0.29, 0.717) is 34.0 Å². The summed E-state index contributed by atoms with van der Waals surface area (Å²) in [6, 6.07) is 5.41. The van der Waals surface area contributed by atoms with Crippen molar-refractivity contribution in [1.82, 2.24) is 20.1 Å². The Morgan fingerprint density at radius 2 is 2.13 bits per heavy atom. The van der Waals surface area contributed by atoms with E-state index in [-0.39, 0.29) is 18.6 Å². The fourth-order valence-corrected chi connectivity index (χ4v) is 4.49. The highest BCUT2D eigenvalue weighted by molar-refractivity contribution is 7.19. The second kappa shape index (κ2) is 9.03. The average Bonchev–Trinajstić information content (AvgIpc) is 3.43. The number of hydrogen-bond acceptors (Lipinski definition) is 8. The summed E-state index contributed by atoms with van der Waals surface area (Å²) in [5.74, 6) is 0.836. The maximum absolute atomic E-state index is 12.9. The number of benzene rings is 1. The van der Waals surface area contributed by atoms with Crippen molar-refractivity contribution in [3.63, 3.8) is 0 Å². The zero-order chi connectivity index (χ0) is 22.0. The Balaban J connectivity index is 1.69. The summed E-state index contributed by atoms with van der Waals surface area (Å²) in [5.41, 5.74) is 1.21. The van der Waals surface area contributed by atoms with Crippen molar-refractivity contribution in [2.24, 2.45) is 0 Å². The number of nitrogens with zero attached hydrogens (tertiary/aromatic N) is 3. The maximum atomic E-state index is 12.9. The number of carbonyl (C=O) groups excluding carboxylic acids is 1. The minimum atomic E-state index is -0.393. The van der Waals surface area contributed by atoms with Gasteiger partial charge in [-0.05, 0) is 38.0 Å². The molecular weight excluding hydrogens is 420 g/mol. The van der Waals surface area contributed by atoms with Gasteiger partial charge in [-0.1, -0.05) is 0 Å². The molecule has 3 heterocycles. The van der Waals surface area contributed by atoms with Gasteiger partial charge < -0.3 is 19.5 Å². The molecule has 1 aromatic carbocycles. The van der Waals surface area contributed by atoms with E-state index < -0.39 is 5.56 Å². The summed E-state index contributed by atoms with van der Waals surface area (Å²) in [5, 5.41) is 8.10. The lowest BCUT2D eigenvalue weighted by atomic mass is 10.1. The summed E-state index contributed by atoms with van der Waals surface area (Å²) in [7, 11) is 3.12. The molecule has 1 fully saturated rings. The van der Waals surface area contributed by atoms with Gasteiger partial charge in [0.2, 0.25) is 5.91 Å². The molecule has 10 heteroatoms. The van der Waals surface area contributed by atoms with E-state index in [4.69, 9.17) is 14.2 Å². The molecule has 0 bridgehead atoms. The molecule has 1 atom stereocenters. The van der Waals surface area contributed by atoms with Crippen LogP contribution in [0.3, 0.4) is 0 Å². The van der Waals surface area contributed by atoms with Gasteiger partial charge in [-0.25, -0.2) is 9.67 Å². The monoisotopic (exact) mass is 444 g/mol. The molecule has 9 nitrogen and oxygen atoms in total. The first-order valence-corrected chi connectivity index (χ1v) is 10.8. The van der Waals surface area contributed by atoms with Crippen molar-refractivity contribution in [3.8, 4) is 22.8 Å². The molecule has 1 amide bonds. The Bertz CT molecular complexity index is 1170. The number of hydrogen-bond donors (Lipinski definition) is 1. The van der Waals surface area contributed by atoms with Gasteiger partial charge in [0.05, 0.1) is 30.0 Å². The van der Waals surface area contributed by atoms with Crippen LogP contribution in [-0.4, -0.2) is 54.1 Å². The largest absolute Gasteiger partial charge is 0.493 e. The molecular formula is C21H24N4O5S. The predicted octanol–water partition coefficient (Wildman–Crippen LogP) is 2.14. The predicted molar refractivity (Wildman–Crippen MR) is 117 cm³/mol. The molecule has 0 spiro atoms. The molecule has 31 heavy (non-hydrogen) atoms. The highest BCUT2D eigenvalue weighted by Crippen LogP contribution is 2.35. The zero-order valence-corrected chi connectivity index (χ0v) is 18.5. The van der Waals surface area contributed by atoms with E-state index in [0.717, 1.165) is 30.0 Å². The van der Waals surface area contributed by atoms with E-state index in [1.165, 1.54) is 16.0 Å². The molecule has 0 saturated carbocycles. The Labute approximate surface area is 183 Å². The van der Waals surface area contributed by atoms with Crippen LogP contribution in [0.25, 0.3) is 21.5 Å². The molecule has 0 radical (unpaired) electrons. The van der Waals surface area contributed by atoms with Crippen molar-refractivity contribution < 1.29 is 19.0 Å². The van der Waals surface area contributed by atoms with Crippen molar-refractivity contribution in [3.05, 3.63) is 33.6 Å². The van der Waals surface area contributed by atoms with Gasteiger partial charge in [-0.2, -0.15) is 5.10 Å². The molecule has 1 N–H and O–H groups in total. The highest BCUT2D eigenvalue weighted by atomic mass is 32.1. The van der Waals surface area contributed by atoms with Crippen LogP contribution in [0.2, 0.25) is 0 Å². The van der Waals surface area contributed by atoms with Crippen LogP contribution in [0, 0.1) is 6.92 Å². The van der Waals surface area contributed by atoms with Crippen molar-refractivity contribution in [2.75, 3.05) is 27.4 Å². The van der Waals surface area contributed by atoms with Crippen LogP contribution in [0.4, 0.5) is 0 Å². The standard InChI is InChI=1S/C21H24N4O5S/c1-12-23-19-20(31-12)18(13-6-7-15(28-2)16(9-13)29-3)24-25(21(19)27)11-17(26)22-10-14-5-4-8-30-14/h6-7,9,14H,4-5,8,10-11H2,1-3H3,(H,22,26)/t14-/m0/s1. The van der Waals surface area contributed by atoms with Crippen LogP contribution < -0.4 is 20.3 Å². The average molecular weight is 445 g/mol. The normalized spacial score (nSPS) is 15.9. The lowest BCUT2D eigenvalue weighted by Gasteiger charge is -2.13. The van der Waals surface area contributed by atoms with Crippen LogP contribution >= 0.6 is 11.3 Å². The van der Waals surface area contributed by atoms with E-state index in [2.05, 4.69) is 15.4 Å². The molecule has 3 aromatic rings. The van der Waals surface area contributed by atoms with Crippen molar-refractivity contribution >= 4 is 27.5 Å². The van der Waals surface area contributed by atoms with E-state index in [1.54, 1.807) is 26.4 Å². The summed E-state index contributed by atoms with van der Waals surface area (Å²) < 4.78 is 18.1. The van der Waals surface area contributed by atoms with Crippen LogP contribution in [0.1, 0.15) is 17.8 Å². The number of fused-ring (bicyclic) bond motifs is 1. The quantitative estimate of drug-likeness (QED) is 0.595. The van der Waals surface area contributed by atoms with Gasteiger partial charge >= 0.3 is 0 Å². The minimum absolute atomic E-state index is 0.0274. The van der Waals surface area contributed by atoms with Gasteiger partial charge in [-0.3, -0.25) is 9.59 Å². The van der Waals surface area contributed by atoms with E-state index >= 15 is 0 Å². The maximum Gasteiger partial charge on any atom is 0.294 e. The lowest BCUT2D eigenvalue weighted by molar-refractivity contribution is -0.122. The second-order valence-corrected chi connectivity index (χ2v) is 8.43. The Morgan fingerprint density at radius 3 is 2.84 bits per heavy atom. The molecule has 1 saturated heterocycles. The highest BCUT2D eigenvalue weighted by Gasteiger charge is 2.20. The van der Waals surface area contributed by atoms with Gasteiger partial charge in [0.1, 0.15) is 12.2 Å². The third-order valence-electron chi connectivity index (χ3n) is 5.11. The van der Waals surface area contributed by atoms with E-state index in [9.17, 15) is 9.59 Å². The fourth-order valence-electron chi connectivity index (χ4n) is 3.57. The molecule has 1 aliphatic rings. The molecule has 0 aliphatic carbocycles. The number of aryl methyl sites for hydroxylation is 1. The van der Waals surface area contributed by atoms with Crippen molar-refractivity contribution in [2.45, 2.75) is 32.4 Å². The lowest BCUT2D eigenvalue weighted by Crippen LogP contribution is -2.37. The topological polar surface area (TPSA) is 105 Å². The van der Waals surface area contributed by atoms with Gasteiger partial charge in [0, 0.05) is 18.7 Å². The third-order valence-corrected chi connectivity index (χ3v) is 6.09. The van der Waals surface area contributed by atoms with Crippen molar-refractivity contribution in [1.29, 1.82) is 0 Å². The first-order chi connectivity index (χ1) is 15.0. The third kappa shape index (κ3) is 4.40. The molecule has 0 unspecified atom stereocenters. The molecule has 164 valence electrons. The summed E-state index contributed by atoms with van der Waals surface area (Å²) in [6.07, 6.45) is 1.95. The van der Waals surface area contributed by atoms with Gasteiger partial charge in [-0.15, -0.1) is 11.3 Å². The Hall–Kier alpha value is -2.98. The Morgan fingerprint density at radius 1 is 1.32 bits per heavy atom. The summed E-state index contributed by atoms with van der Waals surface area (Å²) in [6.45, 7) is 2.78. The zero-order valence-electron chi connectivity index (χ0n) is 17.6. The molecule has 1 aliphatic heterocycles. The summed E-state index contributed by atoms with van der Waals surface area (Å²) >= 11 is 1.39. The van der Waals surface area contributed by atoms with Gasteiger partial charge in [0.25, 0.3) is 5.56 Å². The number of carbonyl (C=O) groups is 1. The first kappa shape index (κ1) is 21.3. The Kier molecular flexibility index (Phi) is 6.19. The minimum Gasteiger partial charge on any atom is -0.493 e. The van der Waals surface area contributed by atoms with Gasteiger partial charge in [0.15, 0.2) is 17.0 Å². The fraction of sp³-hybridized carbons (Fsp3) is 0.429. The van der Waals surface area contributed by atoms with Crippen LogP contribution in [0.15, 0.2) is 23.0 Å².